The van der Waals surface area contributed by atoms with Gasteiger partial charge in [-0.05, 0) is 24.6 Å². The number of aromatic nitrogens is 3. The molecule has 1 saturated heterocycles. The smallest absolute Gasteiger partial charge is 0.207 e. The summed E-state index contributed by atoms with van der Waals surface area (Å²) in [6.07, 6.45) is 3.61. The van der Waals surface area contributed by atoms with Gasteiger partial charge in [0.1, 0.15) is 0 Å². The highest BCUT2D eigenvalue weighted by Gasteiger charge is 2.34. The molecule has 1 atom stereocenters. The van der Waals surface area contributed by atoms with Crippen LogP contribution < -0.4 is 0 Å². The maximum Gasteiger partial charge on any atom is 0.243 e. The monoisotopic (exact) mass is 314 g/mol. The molecule has 2 aromatic rings. The number of halogens is 2. The molecule has 3 rings (SSSR count). The largest absolute Gasteiger partial charge is 0.243 e. The van der Waals surface area contributed by atoms with E-state index < -0.39 is 21.7 Å². The maximum absolute atomic E-state index is 13.2. The van der Waals surface area contributed by atoms with E-state index in [4.69, 9.17) is 0 Å². The first kappa shape index (κ1) is 14.1. The fourth-order valence-corrected chi connectivity index (χ4v) is 3.82. The van der Waals surface area contributed by atoms with Crippen molar-refractivity contribution < 1.29 is 17.2 Å². The third-order valence-electron chi connectivity index (χ3n) is 3.42. The average Bonchev–Trinajstić information content (AvgIpc) is 3.11. The molecule has 21 heavy (non-hydrogen) atoms. The summed E-state index contributed by atoms with van der Waals surface area (Å²) in [6.45, 7) is 0.490. The van der Waals surface area contributed by atoms with Gasteiger partial charge in [0.05, 0.1) is 23.3 Å². The molecular weight excluding hydrogens is 302 g/mol. The normalized spacial score (nSPS) is 20.0. The van der Waals surface area contributed by atoms with Gasteiger partial charge in [0.2, 0.25) is 10.0 Å². The Morgan fingerprint density at radius 3 is 2.52 bits per heavy atom. The molecule has 6 nitrogen and oxygen atoms in total. The van der Waals surface area contributed by atoms with Crippen LogP contribution in [0.4, 0.5) is 8.78 Å². The minimum Gasteiger partial charge on any atom is -0.207 e. The second-order valence-electron chi connectivity index (χ2n) is 4.73. The highest BCUT2D eigenvalue weighted by Crippen LogP contribution is 2.27. The number of hydrogen-bond donors (Lipinski definition) is 0. The molecule has 0 N–H and O–H groups in total. The molecule has 0 radical (unpaired) electrons. The minimum absolute atomic E-state index is 0.153. The van der Waals surface area contributed by atoms with E-state index in [1.807, 2.05) is 0 Å². The summed E-state index contributed by atoms with van der Waals surface area (Å²) >= 11 is 0. The first-order valence-electron chi connectivity index (χ1n) is 6.29. The summed E-state index contributed by atoms with van der Waals surface area (Å²) in [5.74, 6) is -2.26. The number of hydrogen-bond acceptors (Lipinski definition) is 4. The van der Waals surface area contributed by atoms with Crippen molar-refractivity contribution in [2.75, 3.05) is 13.1 Å². The molecule has 0 aliphatic carbocycles. The summed E-state index contributed by atoms with van der Waals surface area (Å²) in [6, 6.07) is 2.42. The molecule has 1 unspecified atom stereocenters. The van der Waals surface area contributed by atoms with Crippen molar-refractivity contribution in [2.24, 2.45) is 0 Å². The number of sulfonamides is 1. The Kier molecular flexibility index (Phi) is 3.46. The quantitative estimate of drug-likeness (QED) is 0.853. The van der Waals surface area contributed by atoms with Crippen molar-refractivity contribution in [1.29, 1.82) is 0 Å². The molecule has 1 fully saturated rings. The lowest BCUT2D eigenvalue weighted by atomic mass is 10.3. The van der Waals surface area contributed by atoms with E-state index >= 15 is 0 Å². The van der Waals surface area contributed by atoms with Gasteiger partial charge in [0, 0.05) is 13.1 Å². The van der Waals surface area contributed by atoms with E-state index in [-0.39, 0.29) is 24.0 Å². The van der Waals surface area contributed by atoms with E-state index in [0.717, 1.165) is 12.1 Å². The van der Waals surface area contributed by atoms with Crippen LogP contribution in [-0.4, -0.2) is 40.8 Å². The van der Waals surface area contributed by atoms with Crippen LogP contribution >= 0.6 is 0 Å². The van der Waals surface area contributed by atoms with Crippen LogP contribution in [0.25, 0.3) is 0 Å². The Labute approximate surface area is 120 Å². The molecule has 1 aliphatic heterocycles. The van der Waals surface area contributed by atoms with Gasteiger partial charge in [-0.2, -0.15) is 19.3 Å². The van der Waals surface area contributed by atoms with Gasteiger partial charge in [-0.15, -0.1) is 0 Å². The third-order valence-corrected chi connectivity index (χ3v) is 5.28. The Balaban J connectivity index is 1.84. The summed E-state index contributed by atoms with van der Waals surface area (Å²) in [5, 5.41) is 7.98. The number of rotatable bonds is 3. The summed E-state index contributed by atoms with van der Waals surface area (Å²) in [5.41, 5.74) is 0. The predicted molar refractivity (Wildman–Crippen MR) is 68.8 cm³/mol. The maximum atomic E-state index is 13.2. The molecule has 0 saturated carbocycles. The van der Waals surface area contributed by atoms with Crippen molar-refractivity contribution in [3.8, 4) is 0 Å². The SMILES string of the molecule is O=S(=O)(c1ccc(F)c(F)c1)N1CCC(n2nccn2)C1. The van der Waals surface area contributed by atoms with Gasteiger partial charge in [-0.1, -0.05) is 0 Å². The van der Waals surface area contributed by atoms with Gasteiger partial charge in [-0.3, -0.25) is 0 Å². The molecule has 1 aliphatic rings. The van der Waals surface area contributed by atoms with Crippen LogP contribution in [-0.2, 0) is 10.0 Å². The van der Waals surface area contributed by atoms with Crippen LogP contribution in [0.5, 0.6) is 0 Å². The zero-order chi connectivity index (χ0) is 15.0. The molecule has 1 aromatic heterocycles. The van der Waals surface area contributed by atoms with Crippen LogP contribution in [0.3, 0.4) is 0 Å². The van der Waals surface area contributed by atoms with Gasteiger partial charge in [0.25, 0.3) is 0 Å². The fourth-order valence-electron chi connectivity index (χ4n) is 2.32. The van der Waals surface area contributed by atoms with E-state index in [2.05, 4.69) is 10.2 Å². The fraction of sp³-hybridized carbons (Fsp3) is 0.333. The highest BCUT2D eigenvalue weighted by molar-refractivity contribution is 7.89. The van der Waals surface area contributed by atoms with Crippen molar-refractivity contribution in [2.45, 2.75) is 17.4 Å². The molecule has 0 bridgehead atoms. The minimum atomic E-state index is -3.84. The second-order valence-corrected chi connectivity index (χ2v) is 6.67. The van der Waals surface area contributed by atoms with E-state index in [1.165, 1.54) is 21.5 Å². The van der Waals surface area contributed by atoms with Gasteiger partial charge in [-0.25, -0.2) is 17.2 Å². The number of benzene rings is 1. The Morgan fingerprint density at radius 1 is 1.14 bits per heavy atom. The molecular formula is C12H12F2N4O2S. The zero-order valence-corrected chi connectivity index (χ0v) is 11.7. The first-order valence-corrected chi connectivity index (χ1v) is 7.73. The molecule has 0 amide bonds. The summed E-state index contributed by atoms with van der Waals surface area (Å²) in [7, 11) is -3.84. The second kappa shape index (κ2) is 5.15. The first-order chi connectivity index (χ1) is 9.98. The van der Waals surface area contributed by atoms with E-state index in [1.54, 1.807) is 0 Å². The van der Waals surface area contributed by atoms with Crippen molar-refractivity contribution in [3.05, 3.63) is 42.2 Å². The summed E-state index contributed by atoms with van der Waals surface area (Å²) in [4.78, 5) is 1.20. The number of nitrogens with zero attached hydrogens (tertiary/aromatic N) is 4. The zero-order valence-electron chi connectivity index (χ0n) is 10.9. The Bertz CT molecular complexity index is 749. The Morgan fingerprint density at radius 2 is 1.86 bits per heavy atom. The Hall–Kier alpha value is -1.87. The molecule has 0 spiro atoms. The van der Waals surface area contributed by atoms with Crippen LogP contribution in [0, 0.1) is 11.6 Å². The van der Waals surface area contributed by atoms with Crippen molar-refractivity contribution >= 4 is 10.0 Å². The lowest BCUT2D eigenvalue weighted by Gasteiger charge is -2.16. The van der Waals surface area contributed by atoms with Crippen LogP contribution in [0.1, 0.15) is 12.5 Å². The third kappa shape index (κ3) is 2.54. The molecule has 9 heteroatoms. The van der Waals surface area contributed by atoms with Crippen molar-refractivity contribution in [3.63, 3.8) is 0 Å². The average molecular weight is 314 g/mol. The van der Waals surface area contributed by atoms with Crippen LogP contribution in [0.2, 0.25) is 0 Å². The predicted octanol–water partition coefficient (Wildman–Crippen LogP) is 1.19. The van der Waals surface area contributed by atoms with Gasteiger partial charge >= 0.3 is 0 Å². The van der Waals surface area contributed by atoms with Crippen LogP contribution in [0.15, 0.2) is 35.5 Å². The topological polar surface area (TPSA) is 68.1 Å². The summed E-state index contributed by atoms with van der Waals surface area (Å²) < 4.78 is 52.2. The lowest BCUT2D eigenvalue weighted by Crippen LogP contribution is -2.29. The lowest BCUT2D eigenvalue weighted by molar-refractivity contribution is 0.402. The van der Waals surface area contributed by atoms with E-state index in [0.29, 0.717) is 12.5 Å². The highest BCUT2D eigenvalue weighted by atomic mass is 32.2. The molecule has 112 valence electrons. The van der Waals surface area contributed by atoms with Crippen molar-refractivity contribution in [1.82, 2.24) is 19.3 Å². The molecule has 1 aromatic carbocycles. The van der Waals surface area contributed by atoms with E-state index in [9.17, 15) is 17.2 Å². The molecule has 2 heterocycles. The van der Waals surface area contributed by atoms with Gasteiger partial charge < -0.3 is 0 Å². The van der Waals surface area contributed by atoms with Gasteiger partial charge in [0.15, 0.2) is 11.6 Å². The standard InChI is InChI=1S/C12H12F2N4O2S/c13-11-2-1-10(7-12(11)14)21(19,20)17-6-3-9(8-17)18-15-4-5-16-18/h1-2,4-5,7,9H,3,6,8H2.